The van der Waals surface area contributed by atoms with Crippen LogP contribution in [0.1, 0.15) is 5.69 Å². The predicted octanol–water partition coefficient (Wildman–Crippen LogP) is 2.02. The number of nitrogens with two attached hydrogens (primary N) is 1. The van der Waals surface area contributed by atoms with Gasteiger partial charge in [-0.2, -0.15) is 0 Å². The van der Waals surface area contributed by atoms with Crippen LogP contribution in [0.4, 0.5) is 11.6 Å². The lowest BCUT2D eigenvalue weighted by Crippen LogP contribution is -2.13. The molecule has 96 valence electrons. The summed E-state index contributed by atoms with van der Waals surface area (Å²) in [5.41, 5.74) is 6.45. The Kier molecular flexibility index (Phi) is 3.18. The van der Waals surface area contributed by atoms with Crippen LogP contribution in [-0.2, 0) is 10.0 Å². The summed E-state index contributed by atoms with van der Waals surface area (Å²) in [4.78, 5) is -0.0765. The maximum absolute atomic E-state index is 12.0. The van der Waals surface area contributed by atoms with Gasteiger partial charge in [0.15, 0.2) is 0 Å². The van der Waals surface area contributed by atoms with E-state index in [1.807, 2.05) is 0 Å². The first-order valence-electron chi connectivity index (χ1n) is 4.89. The van der Waals surface area contributed by atoms with E-state index in [0.29, 0.717) is 11.4 Å². The number of nitrogen functional groups attached to an aromatic ring is 1. The third kappa shape index (κ3) is 2.57. The Morgan fingerprint density at radius 2 is 2.11 bits per heavy atom. The van der Waals surface area contributed by atoms with Crippen molar-refractivity contribution < 1.29 is 12.9 Å². The van der Waals surface area contributed by atoms with Crippen molar-refractivity contribution in [3.05, 3.63) is 35.0 Å². The molecule has 18 heavy (non-hydrogen) atoms. The zero-order chi connectivity index (χ0) is 13.3. The average Bonchev–Trinajstić information content (AvgIpc) is 2.62. The molecule has 1 aromatic carbocycles. The Bertz CT molecular complexity index is 681. The minimum absolute atomic E-state index is 0.0281. The fourth-order valence-corrected chi connectivity index (χ4v) is 2.86. The van der Waals surface area contributed by atoms with E-state index >= 15 is 0 Å². The number of rotatable bonds is 3. The highest BCUT2D eigenvalue weighted by atomic mass is 35.5. The minimum Gasteiger partial charge on any atom is -0.399 e. The van der Waals surface area contributed by atoms with E-state index in [0.717, 1.165) is 0 Å². The number of aryl methyl sites for hydroxylation is 1. The standard InChI is InChI=1S/C10H10ClN3O3S/c1-6-4-10(17-13-6)14-18(15,16)9-3-2-7(12)5-8(9)11/h2-5,14H,12H2,1H3. The predicted molar refractivity (Wildman–Crippen MR) is 67.9 cm³/mol. The van der Waals surface area contributed by atoms with E-state index in [9.17, 15) is 8.42 Å². The number of hydrogen-bond donors (Lipinski definition) is 2. The zero-order valence-corrected chi connectivity index (χ0v) is 10.9. The van der Waals surface area contributed by atoms with Crippen molar-refractivity contribution in [2.45, 2.75) is 11.8 Å². The second-order valence-electron chi connectivity index (χ2n) is 3.63. The monoisotopic (exact) mass is 287 g/mol. The first-order chi connectivity index (χ1) is 8.38. The van der Waals surface area contributed by atoms with E-state index in [1.54, 1.807) is 6.92 Å². The smallest absolute Gasteiger partial charge is 0.265 e. The summed E-state index contributed by atoms with van der Waals surface area (Å²) in [5.74, 6) is 0.0281. The summed E-state index contributed by atoms with van der Waals surface area (Å²) < 4.78 is 31.0. The van der Waals surface area contributed by atoms with Gasteiger partial charge < -0.3 is 10.3 Å². The van der Waals surface area contributed by atoms with Gasteiger partial charge in [0.2, 0.25) is 5.88 Å². The van der Waals surface area contributed by atoms with E-state index in [2.05, 4.69) is 9.88 Å². The minimum atomic E-state index is -3.82. The van der Waals surface area contributed by atoms with Gasteiger partial charge >= 0.3 is 0 Å². The second kappa shape index (κ2) is 4.51. The first kappa shape index (κ1) is 12.7. The van der Waals surface area contributed by atoms with Crippen LogP contribution in [-0.4, -0.2) is 13.6 Å². The fourth-order valence-electron chi connectivity index (χ4n) is 1.33. The van der Waals surface area contributed by atoms with Gasteiger partial charge in [0.1, 0.15) is 4.90 Å². The Balaban J connectivity index is 2.36. The summed E-state index contributed by atoms with van der Waals surface area (Å²) in [5, 5.41) is 3.62. The molecule has 0 saturated heterocycles. The van der Waals surface area contributed by atoms with E-state index in [1.165, 1.54) is 24.3 Å². The van der Waals surface area contributed by atoms with Gasteiger partial charge in [0, 0.05) is 11.8 Å². The molecule has 0 spiro atoms. The van der Waals surface area contributed by atoms with E-state index in [-0.39, 0.29) is 15.8 Å². The normalized spacial score (nSPS) is 11.4. The highest BCUT2D eigenvalue weighted by Crippen LogP contribution is 2.25. The molecule has 2 rings (SSSR count). The number of nitrogens with one attached hydrogen (secondary N) is 1. The molecule has 0 fully saturated rings. The maximum atomic E-state index is 12.0. The molecule has 6 nitrogen and oxygen atoms in total. The Morgan fingerprint density at radius 1 is 1.39 bits per heavy atom. The van der Waals surface area contributed by atoms with Gasteiger partial charge in [-0.1, -0.05) is 16.8 Å². The molecule has 0 unspecified atom stereocenters. The summed E-state index contributed by atoms with van der Waals surface area (Å²) >= 11 is 5.84. The molecule has 8 heteroatoms. The van der Waals surface area contributed by atoms with Crippen LogP contribution < -0.4 is 10.5 Å². The van der Waals surface area contributed by atoms with Gasteiger partial charge in [-0.05, 0) is 25.1 Å². The van der Waals surface area contributed by atoms with Crippen molar-refractivity contribution in [2.24, 2.45) is 0 Å². The number of sulfonamides is 1. The lowest BCUT2D eigenvalue weighted by atomic mass is 10.3. The van der Waals surface area contributed by atoms with Crippen LogP contribution in [0, 0.1) is 6.92 Å². The topological polar surface area (TPSA) is 98.2 Å². The molecule has 1 aromatic heterocycles. The van der Waals surface area contributed by atoms with Crippen molar-refractivity contribution >= 4 is 33.2 Å². The number of benzene rings is 1. The first-order valence-corrected chi connectivity index (χ1v) is 6.76. The molecule has 3 N–H and O–H groups in total. The number of aromatic nitrogens is 1. The van der Waals surface area contributed by atoms with E-state index in [4.69, 9.17) is 21.9 Å². The number of halogens is 1. The third-order valence-corrected chi connectivity index (χ3v) is 3.94. The summed E-state index contributed by atoms with van der Waals surface area (Å²) in [7, 11) is -3.82. The number of nitrogens with zero attached hydrogens (tertiary/aromatic N) is 1. The van der Waals surface area contributed by atoms with Crippen molar-refractivity contribution in [2.75, 3.05) is 10.5 Å². The molecular formula is C10H10ClN3O3S. The van der Waals surface area contributed by atoms with Crippen LogP contribution in [0.25, 0.3) is 0 Å². The van der Waals surface area contributed by atoms with Crippen molar-refractivity contribution in [3.63, 3.8) is 0 Å². The Labute approximate surface area is 109 Å². The third-order valence-electron chi connectivity index (χ3n) is 2.11. The zero-order valence-electron chi connectivity index (χ0n) is 9.34. The Hall–Kier alpha value is -1.73. The van der Waals surface area contributed by atoms with Crippen LogP contribution >= 0.6 is 11.6 Å². The van der Waals surface area contributed by atoms with Crippen molar-refractivity contribution in [3.8, 4) is 0 Å². The highest BCUT2D eigenvalue weighted by Gasteiger charge is 2.19. The largest absolute Gasteiger partial charge is 0.399 e. The van der Waals surface area contributed by atoms with Gasteiger partial charge in [-0.3, -0.25) is 0 Å². The molecular weight excluding hydrogens is 278 g/mol. The van der Waals surface area contributed by atoms with Crippen LogP contribution in [0.5, 0.6) is 0 Å². The maximum Gasteiger partial charge on any atom is 0.265 e. The second-order valence-corrected chi connectivity index (χ2v) is 5.69. The SMILES string of the molecule is Cc1cc(NS(=O)(=O)c2ccc(N)cc2Cl)on1. The highest BCUT2D eigenvalue weighted by molar-refractivity contribution is 7.92. The molecule has 0 aliphatic heterocycles. The van der Waals surface area contributed by atoms with Gasteiger partial charge in [0.05, 0.1) is 10.7 Å². The molecule has 0 aliphatic carbocycles. The van der Waals surface area contributed by atoms with Crippen molar-refractivity contribution in [1.82, 2.24) is 5.16 Å². The fraction of sp³-hybridized carbons (Fsp3) is 0.100. The molecule has 0 saturated carbocycles. The summed E-state index contributed by atoms with van der Waals surface area (Å²) in [6.07, 6.45) is 0. The molecule has 0 atom stereocenters. The Morgan fingerprint density at radius 3 is 2.67 bits per heavy atom. The summed E-state index contributed by atoms with van der Waals surface area (Å²) in [6, 6.07) is 5.60. The van der Waals surface area contributed by atoms with Gasteiger partial charge in [0.25, 0.3) is 10.0 Å². The average molecular weight is 288 g/mol. The molecule has 0 amide bonds. The lowest BCUT2D eigenvalue weighted by Gasteiger charge is -2.06. The van der Waals surface area contributed by atoms with Crippen LogP contribution in [0.3, 0.4) is 0 Å². The number of anilines is 2. The summed E-state index contributed by atoms with van der Waals surface area (Å²) in [6.45, 7) is 1.68. The van der Waals surface area contributed by atoms with Crippen LogP contribution in [0.2, 0.25) is 5.02 Å². The number of hydrogen-bond acceptors (Lipinski definition) is 5. The molecule has 2 aromatic rings. The molecule has 0 radical (unpaired) electrons. The quantitative estimate of drug-likeness (QED) is 0.842. The van der Waals surface area contributed by atoms with Gasteiger partial charge in [-0.25, -0.2) is 13.1 Å². The molecule has 1 heterocycles. The van der Waals surface area contributed by atoms with Crippen molar-refractivity contribution in [1.29, 1.82) is 0 Å². The van der Waals surface area contributed by atoms with Crippen LogP contribution in [0.15, 0.2) is 33.7 Å². The van der Waals surface area contributed by atoms with Gasteiger partial charge in [-0.15, -0.1) is 0 Å². The molecule has 0 aliphatic rings. The van der Waals surface area contributed by atoms with E-state index < -0.39 is 10.0 Å². The molecule has 0 bridgehead atoms. The lowest BCUT2D eigenvalue weighted by molar-refractivity contribution is 0.430.